The molecular weight excluding hydrogens is 394 g/mol. The maximum Gasteiger partial charge on any atom is 0.253 e. The number of aromatic nitrogens is 2. The topological polar surface area (TPSA) is 52.6 Å². The van der Waals surface area contributed by atoms with E-state index >= 15 is 0 Å². The van der Waals surface area contributed by atoms with Gasteiger partial charge in [-0.05, 0) is 49.7 Å². The molecule has 6 nitrogen and oxygen atoms in total. The van der Waals surface area contributed by atoms with Crippen molar-refractivity contribution in [1.82, 2.24) is 14.9 Å². The molecule has 1 aliphatic rings. The Labute approximate surface area is 182 Å². The Morgan fingerprint density at radius 3 is 2.53 bits per heavy atom. The Bertz CT molecular complexity index is 946. The number of thiazole rings is 1. The van der Waals surface area contributed by atoms with Crippen molar-refractivity contribution in [3.05, 3.63) is 48.2 Å². The van der Waals surface area contributed by atoms with Crippen LogP contribution in [-0.2, 0) is 0 Å². The molecule has 1 saturated heterocycles. The number of anilines is 2. The second kappa shape index (κ2) is 9.43. The molecule has 7 heteroatoms. The van der Waals surface area contributed by atoms with Crippen molar-refractivity contribution in [2.45, 2.75) is 26.7 Å². The van der Waals surface area contributed by atoms with Crippen LogP contribution in [-0.4, -0.2) is 60.0 Å². The van der Waals surface area contributed by atoms with Crippen LogP contribution in [0.2, 0.25) is 0 Å². The van der Waals surface area contributed by atoms with Gasteiger partial charge >= 0.3 is 0 Å². The van der Waals surface area contributed by atoms with Crippen molar-refractivity contribution >= 4 is 38.4 Å². The first kappa shape index (κ1) is 20.6. The zero-order chi connectivity index (χ0) is 20.9. The molecule has 1 aliphatic heterocycles. The van der Waals surface area contributed by atoms with Crippen LogP contribution < -0.4 is 9.80 Å². The molecule has 3 heterocycles. The van der Waals surface area contributed by atoms with Crippen LogP contribution in [0.25, 0.3) is 10.3 Å². The van der Waals surface area contributed by atoms with Gasteiger partial charge in [0.1, 0.15) is 10.3 Å². The lowest BCUT2D eigenvalue weighted by Gasteiger charge is -2.34. The van der Waals surface area contributed by atoms with Gasteiger partial charge < -0.3 is 14.7 Å². The van der Waals surface area contributed by atoms with E-state index in [1.165, 1.54) is 18.5 Å². The average Bonchev–Trinajstić information content (AvgIpc) is 3.24. The summed E-state index contributed by atoms with van der Waals surface area (Å²) >= 11 is 1.62. The van der Waals surface area contributed by atoms with Crippen molar-refractivity contribution in [2.24, 2.45) is 0 Å². The van der Waals surface area contributed by atoms with E-state index in [0.29, 0.717) is 13.1 Å². The van der Waals surface area contributed by atoms with Crippen LogP contribution in [0.1, 0.15) is 37.0 Å². The number of carbonyl (C=O) groups is 1. The van der Waals surface area contributed by atoms with Crippen LogP contribution in [0, 0.1) is 0 Å². The van der Waals surface area contributed by atoms with Gasteiger partial charge in [-0.1, -0.05) is 24.7 Å². The summed E-state index contributed by atoms with van der Waals surface area (Å²) in [5.41, 5.74) is 2.90. The van der Waals surface area contributed by atoms with E-state index in [2.05, 4.69) is 40.8 Å². The highest BCUT2D eigenvalue weighted by Crippen LogP contribution is 2.28. The predicted octanol–water partition coefficient (Wildman–Crippen LogP) is 4.28. The molecule has 0 N–H and O–H groups in total. The van der Waals surface area contributed by atoms with Crippen LogP contribution in [0.15, 0.2) is 42.6 Å². The van der Waals surface area contributed by atoms with Gasteiger partial charge in [0.25, 0.3) is 5.91 Å². The van der Waals surface area contributed by atoms with Crippen LogP contribution >= 0.6 is 11.3 Å². The first-order valence-corrected chi connectivity index (χ1v) is 11.6. The quantitative estimate of drug-likeness (QED) is 0.568. The lowest BCUT2D eigenvalue weighted by molar-refractivity contribution is 0.0747. The minimum atomic E-state index is 0.115. The Hall–Kier alpha value is -2.67. The summed E-state index contributed by atoms with van der Waals surface area (Å²) in [6.07, 6.45) is 4.17. The van der Waals surface area contributed by atoms with Crippen LogP contribution in [0.4, 0.5) is 10.8 Å². The van der Waals surface area contributed by atoms with Gasteiger partial charge in [-0.2, -0.15) is 0 Å². The first-order valence-electron chi connectivity index (χ1n) is 10.8. The van der Waals surface area contributed by atoms with E-state index < -0.39 is 0 Å². The molecule has 158 valence electrons. The number of piperazine rings is 1. The largest absolute Gasteiger partial charge is 0.372 e. The molecule has 1 fully saturated rings. The number of amides is 1. The van der Waals surface area contributed by atoms with Crippen LogP contribution in [0.5, 0.6) is 0 Å². The smallest absolute Gasteiger partial charge is 0.253 e. The molecule has 0 atom stereocenters. The summed E-state index contributed by atoms with van der Waals surface area (Å²) in [6, 6.07) is 12.0. The molecule has 2 aromatic heterocycles. The molecule has 0 aliphatic carbocycles. The number of pyridine rings is 1. The number of hydrogen-bond donors (Lipinski definition) is 0. The number of benzene rings is 1. The highest BCUT2D eigenvalue weighted by atomic mass is 32.1. The molecule has 30 heavy (non-hydrogen) atoms. The predicted molar refractivity (Wildman–Crippen MR) is 125 cm³/mol. The standard InChI is InChI=1S/C23H29N5OS/c1-3-5-13-26(4-2)19-10-8-18(9-11-19)22(29)27-14-16-28(17-15-27)23-25-20-7-6-12-24-21(20)30-23/h6-12H,3-5,13-17H2,1-2H3. The number of fused-ring (bicyclic) bond motifs is 1. The second-order valence-corrected chi connectivity index (χ2v) is 8.54. The fourth-order valence-corrected chi connectivity index (χ4v) is 4.77. The molecule has 0 spiro atoms. The van der Waals surface area contributed by atoms with Gasteiger partial charge in [-0.25, -0.2) is 9.97 Å². The van der Waals surface area contributed by atoms with E-state index in [-0.39, 0.29) is 5.91 Å². The fraction of sp³-hybridized carbons (Fsp3) is 0.435. The highest BCUT2D eigenvalue weighted by molar-refractivity contribution is 7.21. The lowest BCUT2D eigenvalue weighted by Crippen LogP contribution is -2.48. The van der Waals surface area contributed by atoms with Crippen LogP contribution in [0.3, 0.4) is 0 Å². The number of unbranched alkanes of at least 4 members (excludes halogenated alkanes) is 1. The van der Waals surface area contributed by atoms with Gasteiger partial charge in [0.15, 0.2) is 5.13 Å². The van der Waals surface area contributed by atoms with E-state index in [1.54, 1.807) is 17.5 Å². The van der Waals surface area contributed by atoms with Crippen molar-refractivity contribution in [3.8, 4) is 0 Å². The molecule has 4 rings (SSSR count). The van der Waals surface area contributed by atoms with E-state index in [1.807, 2.05) is 29.2 Å². The maximum atomic E-state index is 13.0. The first-order chi connectivity index (χ1) is 14.7. The number of rotatable bonds is 7. The van der Waals surface area contributed by atoms with Gasteiger partial charge in [0, 0.05) is 56.7 Å². The van der Waals surface area contributed by atoms with Crippen molar-refractivity contribution in [2.75, 3.05) is 49.1 Å². The zero-order valence-corrected chi connectivity index (χ0v) is 18.6. The molecule has 3 aromatic rings. The maximum absolute atomic E-state index is 13.0. The minimum absolute atomic E-state index is 0.115. The van der Waals surface area contributed by atoms with Gasteiger partial charge in [0.2, 0.25) is 0 Å². The number of nitrogens with zero attached hydrogens (tertiary/aromatic N) is 5. The summed E-state index contributed by atoms with van der Waals surface area (Å²) in [4.78, 5) is 29.6. The number of hydrogen-bond acceptors (Lipinski definition) is 6. The Balaban J connectivity index is 1.36. The van der Waals surface area contributed by atoms with Gasteiger partial charge in [0.05, 0.1) is 0 Å². The molecule has 1 amide bonds. The van der Waals surface area contributed by atoms with E-state index in [4.69, 9.17) is 4.98 Å². The van der Waals surface area contributed by atoms with E-state index in [0.717, 1.165) is 47.2 Å². The third kappa shape index (κ3) is 4.41. The molecule has 1 aromatic carbocycles. The molecule has 0 bridgehead atoms. The Kier molecular flexibility index (Phi) is 6.47. The average molecular weight is 424 g/mol. The summed E-state index contributed by atoms with van der Waals surface area (Å²) in [7, 11) is 0. The van der Waals surface area contributed by atoms with Crippen molar-refractivity contribution in [3.63, 3.8) is 0 Å². The van der Waals surface area contributed by atoms with E-state index in [9.17, 15) is 4.79 Å². The summed E-state index contributed by atoms with van der Waals surface area (Å²) in [5.74, 6) is 0.115. The molecule has 0 radical (unpaired) electrons. The zero-order valence-electron chi connectivity index (χ0n) is 17.8. The summed E-state index contributed by atoms with van der Waals surface area (Å²) in [5, 5.41) is 0.992. The third-order valence-corrected chi connectivity index (χ3v) is 6.68. The van der Waals surface area contributed by atoms with Crippen molar-refractivity contribution < 1.29 is 4.79 Å². The Morgan fingerprint density at radius 1 is 1.10 bits per heavy atom. The minimum Gasteiger partial charge on any atom is -0.372 e. The third-order valence-electron chi connectivity index (χ3n) is 5.64. The normalized spacial score (nSPS) is 14.3. The summed E-state index contributed by atoms with van der Waals surface area (Å²) < 4.78 is 0. The lowest BCUT2D eigenvalue weighted by atomic mass is 10.1. The Morgan fingerprint density at radius 2 is 1.87 bits per heavy atom. The second-order valence-electron chi connectivity index (χ2n) is 7.58. The molecule has 0 saturated carbocycles. The SMILES string of the molecule is CCCCN(CC)c1ccc(C(=O)N2CCN(c3nc4cccnc4s3)CC2)cc1. The molecule has 0 unspecified atom stereocenters. The highest BCUT2D eigenvalue weighted by Gasteiger charge is 2.24. The summed E-state index contributed by atoms with van der Waals surface area (Å²) in [6.45, 7) is 9.44. The van der Waals surface area contributed by atoms with Gasteiger partial charge in [-0.3, -0.25) is 4.79 Å². The number of carbonyl (C=O) groups excluding carboxylic acids is 1. The van der Waals surface area contributed by atoms with Gasteiger partial charge in [-0.15, -0.1) is 0 Å². The molecular formula is C23H29N5OS. The fourth-order valence-electron chi connectivity index (χ4n) is 3.81. The monoisotopic (exact) mass is 423 g/mol. The van der Waals surface area contributed by atoms with Crippen molar-refractivity contribution in [1.29, 1.82) is 0 Å².